The largest absolute Gasteiger partial charge is 0.421 e. The number of hydrogen-bond donors (Lipinski definition) is 3. The summed E-state index contributed by atoms with van der Waals surface area (Å²) in [5, 5.41) is 12.6. The third-order valence-corrected chi connectivity index (χ3v) is 5.21. The zero-order valence-corrected chi connectivity index (χ0v) is 15.4. The standard InChI is InChI=1S/C20H18N6O3/c27-19(23-14-10-22-17-15(29-20(14)28)6-3-9-21-17)18-24-16(25-26-18)13-8-7-11-4-1-2-5-12(11)13/h1-6,9,13-14H,7-8,10H2,(H,21,22)(H,23,27)(H,24,25,26)/t13-,14?/m0/s1. The van der Waals surface area contributed by atoms with E-state index in [4.69, 9.17) is 4.74 Å². The molecule has 2 atom stereocenters. The molecule has 0 fully saturated rings. The van der Waals surface area contributed by atoms with E-state index in [-0.39, 0.29) is 18.3 Å². The topological polar surface area (TPSA) is 122 Å². The van der Waals surface area contributed by atoms with E-state index in [1.807, 2.05) is 12.1 Å². The molecule has 0 spiro atoms. The van der Waals surface area contributed by atoms with Gasteiger partial charge in [0.15, 0.2) is 11.6 Å². The lowest BCUT2D eigenvalue weighted by Gasteiger charge is -2.12. The van der Waals surface area contributed by atoms with Crippen molar-refractivity contribution in [3.05, 3.63) is 65.4 Å². The van der Waals surface area contributed by atoms with Crippen LogP contribution in [-0.2, 0) is 11.2 Å². The summed E-state index contributed by atoms with van der Waals surface area (Å²) in [5.74, 6) is 0.409. The number of pyridine rings is 1. The van der Waals surface area contributed by atoms with Gasteiger partial charge in [0.05, 0.1) is 0 Å². The van der Waals surface area contributed by atoms with Crippen LogP contribution in [0.5, 0.6) is 5.75 Å². The molecule has 5 rings (SSSR count). The van der Waals surface area contributed by atoms with E-state index in [0.29, 0.717) is 17.4 Å². The van der Waals surface area contributed by atoms with Gasteiger partial charge in [0, 0.05) is 18.7 Å². The highest BCUT2D eigenvalue weighted by molar-refractivity contribution is 5.94. The van der Waals surface area contributed by atoms with E-state index in [1.54, 1.807) is 18.3 Å². The summed E-state index contributed by atoms with van der Waals surface area (Å²) >= 11 is 0. The Kier molecular flexibility index (Phi) is 4.19. The summed E-state index contributed by atoms with van der Waals surface area (Å²) in [6, 6.07) is 10.6. The number of carbonyl (C=O) groups excluding carboxylic acids is 2. The minimum absolute atomic E-state index is 0.00272. The molecule has 3 aromatic rings. The average molecular weight is 390 g/mol. The van der Waals surface area contributed by atoms with E-state index in [0.717, 1.165) is 12.8 Å². The van der Waals surface area contributed by atoms with Gasteiger partial charge in [-0.1, -0.05) is 24.3 Å². The molecule has 2 aromatic heterocycles. The Bertz CT molecular complexity index is 1100. The molecular weight excluding hydrogens is 372 g/mol. The number of nitrogens with zero attached hydrogens (tertiary/aromatic N) is 3. The minimum atomic E-state index is -0.883. The van der Waals surface area contributed by atoms with Crippen molar-refractivity contribution < 1.29 is 14.3 Å². The molecule has 146 valence electrons. The Hall–Kier alpha value is -3.75. The van der Waals surface area contributed by atoms with Gasteiger partial charge >= 0.3 is 5.97 Å². The number of carbonyl (C=O) groups is 2. The third kappa shape index (κ3) is 3.20. The average Bonchev–Trinajstić information content (AvgIpc) is 3.35. The van der Waals surface area contributed by atoms with E-state index in [9.17, 15) is 9.59 Å². The number of aryl methyl sites for hydroxylation is 1. The maximum Gasteiger partial charge on any atom is 0.336 e. The minimum Gasteiger partial charge on any atom is -0.421 e. The van der Waals surface area contributed by atoms with Gasteiger partial charge in [0.25, 0.3) is 5.91 Å². The van der Waals surface area contributed by atoms with Gasteiger partial charge in [-0.15, -0.1) is 5.10 Å². The fourth-order valence-electron chi connectivity index (χ4n) is 3.77. The Balaban J connectivity index is 1.30. The lowest BCUT2D eigenvalue weighted by molar-refractivity contribution is -0.135. The van der Waals surface area contributed by atoms with E-state index >= 15 is 0 Å². The number of rotatable bonds is 3. The van der Waals surface area contributed by atoms with Crippen molar-refractivity contribution in [3.63, 3.8) is 0 Å². The zero-order chi connectivity index (χ0) is 19.8. The second-order valence-electron chi connectivity index (χ2n) is 7.01. The van der Waals surface area contributed by atoms with Gasteiger partial charge < -0.3 is 15.4 Å². The van der Waals surface area contributed by atoms with Gasteiger partial charge in [-0.05, 0) is 36.1 Å². The summed E-state index contributed by atoms with van der Waals surface area (Å²) < 4.78 is 5.30. The predicted octanol–water partition coefficient (Wildman–Crippen LogP) is 1.41. The molecule has 29 heavy (non-hydrogen) atoms. The number of amides is 1. The molecule has 1 aliphatic carbocycles. The van der Waals surface area contributed by atoms with Crippen LogP contribution in [0.15, 0.2) is 42.6 Å². The van der Waals surface area contributed by atoms with Crippen molar-refractivity contribution in [2.75, 3.05) is 11.9 Å². The van der Waals surface area contributed by atoms with Gasteiger partial charge in [-0.25, -0.2) is 14.8 Å². The summed E-state index contributed by atoms with van der Waals surface area (Å²) in [6.45, 7) is 0.155. The molecule has 1 aliphatic heterocycles. The maximum absolute atomic E-state index is 12.6. The first-order valence-corrected chi connectivity index (χ1v) is 9.40. The van der Waals surface area contributed by atoms with Gasteiger partial charge in [-0.2, -0.15) is 0 Å². The van der Waals surface area contributed by atoms with Crippen molar-refractivity contribution in [2.24, 2.45) is 0 Å². The van der Waals surface area contributed by atoms with Crippen LogP contribution >= 0.6 is 0 Å². The van der Waals surface area contributed by atoms with E-state index in [1.165, 1.54) is 11.1 Å². The van der Waals surface area contributed by atoms with Gasteiger partial charge in [0.1, 0.15) is 11.9 Å². The quantitative estimate of drug-likeness (QED) is 0.578. The Morgan fingerprint density at radius 2 is 2.10 bits per heavy atom. The van der Waals surface area contributed by atoms with Crippen LogP contribution in [-0.4, -0.2) is 44.6 Å². The molecule has 1 unspecified atom stereocenters. The number of aromatic nitrogens is 4. The third-order valence-electron chi connectivity index (χ3n) is 5.21. The fraction of sp³-hybridized carbons (Fsp3) is 0.250. The molecule has 0 radical (unpaired) electrons. The van der Waals surface area contributed by atoms with Crippen LogP contribution in [0.2, 0.25) is 0 Å². The van der Waals surface area contributed by atoms with Gasteiger partial charge in [-0.3, -0.25) is 9.89 Å². The summed E-state index contributed by atoms with van der Waals surface area (Å²) in [6.07, 6.45) is 3.48. The van der Waals surface area contributed by atoms with Crippen LogP contribution in [0.1, 0.15) is 39.9 Å². The zero-order valence-electron chi connectivity index (χ0n) is 15.4. The molecule has 9 nitrogen and oxygen atoms in total. The van der Waals surface area contributed by atoms with Gasteiger partial charge in [0.2, 0.25) is 5.82 Å². The number of hydrogen-bond acceptors (Lipinski definition) is 7. The number of esters is 1. The smallest absolute Gasteiger partial charge is 0.336 e. The van der Waals surface area contributed by atoms with Crippen LogP contribution in [0.25, 0.3) is 0 Å². The Labute approximate surface area is 165 Å². The number of ether oxygens (including phenoxy) is 1. The molecular formula is C20H18N6O3. The van der Waals surface area contributed by atoms with Crippen molar-refractivity contribution in [1.29, 1.82) is 0 Å². The van der Waals surface area contributed by atoms with Crippen molar-refractivity contribution in [2.45, 2.75) is 24.8 Å². The monoisotopic (exact) mass is 390 g/mol. The first kappa shape index (κ1) is 17.4. The number of H-pyrrole nitrogens is 1. The molecule has 0 saturated carbocycles. The van der Waals surface area contributed by atoms with Crippen LogP contribution in [0, 0.1) is 0 Å². The second kappa shape index (κ2) is 7.01. The SMILES string of the molecule is O=C(NC1CNc2ncccc2OC1=O)c1n[nH]c([C@H]2CCc3ccccc32)n1. The molecule has 1 aromatic carbocycles. The van der Waals surface area contributed by atoms with Crippen LogP contribution in [0.3, 0.4) is 0 Å². The van der Waals surface area contributed by atoms with E-state index < -0.39 is 17.9 Å². The lowest BCUT2D eigenvalue weighted by atomic mass is 10.0. The lowest BCUT2D eigenvalue weighted by Crippen LogP contribution is -2.46. The molecule has 3 N–H and O–H groups in total. The van der Waals surface area contributed by atoms with Crippen molar-refractivity contribution in [1.82, 2.24) is 25.5 Å². The second-order valence-corrected chi connectivity index (χ2v) is 7.01. The van der Waals surface area contributed by atoms with Crippen LogP contribution < -0.4 is 15.4 Å². The summed E-state index contributed by atoms with van der Waals surface area (Å²) in [5.41, 5.74) is 2.50. The summed E-state index contributed by atoms with van der Waals surface area (Å²) in [7, 11) is 0. The van der Waals surface area contributed by atoms with Crippen molar-refractivity contribution in [3.8, 4) is 5.75 Å². The molecule has 0 saturated heterocycles. The number of benzene rings is 1. The highest BCUT2D eigenvalue weighted by Crippen LogP contribution is 2.36. The van der Waals surface area contributed by atoms with Crippen LogP contribution in [0.4, 0.5) is 5.82 Å². The first-order chi connectivity index (χ1) is 14.2. The number of fused-ring (bicyclic) bond motifs is 2. The molecule has 1 amide bonds. The highest BCUT2D eigenvalue weighted by atomic mass is 16.5. The summed E-state index contributed by atoms with van der Waals surface area (Å²) in [4.78, 5) is 33.5. The van der Waals surface area contributed by atoms with E-state index in [2.05, 4.69) is 42.9 Å². The normalized spacial score (nSPS) is 20.1. The predicted molar refractivity (Wildman–Crippen MR) is 103 cm³/mol. The number of nitrogens with one attached hydrogen (secondary N) is 3. The van der Waals surface area contributed by atoms with Crippen molar-refractivity contribution >= 4 is 17.7 Å². The molecule has 3 heterocycles. The Morgan fingerprint density at radius 3 is 3.03 bits per heavy atom. The maximum atomic E-state index is 12.6. The molecule has 0 bridgehead atoms. The Morgan fingerprint density at radius 1 is 1.21 bits per heavy atom. The number of anilines is 1. The molecule has 9 heteroatoms. The fourth-order valence-corrected chi connectivity index (χ4v) is 3.77. The first-order valence-electron chi connectivity index (χ1n) is 9.40. The highest BCUT2D eigenvalue weighted by Gasteiger charge is 2.30. The number of aromatic amines is 1. The molecule has 2 aliphatic rings.